The van der Waals surface area contributed by atoms with Crippen LogP contribution >= 0.6 is 23.5 Å². The molecule has 9 aromatic rings. The standard InChI is InChI=1S/C54H33B2NO2S2/c1-4-16-34(17-5-1)39-22-10-11-23-40(39)35-28-47-53-51(29-35)60-49-26-14-12-24-41(49)55(53)43-32-44-46(33-45(43)58-47)59-48-30-38(31-52-54(48)56(44)42-25-13-15-27-50(42)61-52)57(36-18-6-2-7-19-36)37-20-8-3-9-21-37/h1-33H. The summed E-state index contributed by atoms with van der Waals surface area (Å²) in [5, 5.41) is 0. The molecule has 0 bridgehead atoms. The second-order valence-electron chi connectivity index (χ2n) is 15.9. The molecular formula is C54H33B2NO2S2. The Balaban J connectivity index is 0.996. The summed E-state index contributed by atoms with van der Waals surface area (Å²) in [7, 11) is 0. The lowest BCUT2D eigenvalue weighted by Gasteiger charge is -2.37. The Morgan fingerprint density at radius 1 is 0.328 bits per heavy atom. The van der Waals surface area contributed by atoms with Gasteiger partial charge in [0.25, 0.3) is 13.4 Å². The zero-order valence-corrected chi connectivity index (χ0v) is 34.4. The highest BCUT2D eigenvalue weighted by atomic mass is 32.2. The Kier molecular flexibility index (Phi) is 7.97. The van der Waals surface area contributed by atoms with Crippen LogP contribution in [-0.2, 0) is 0 Å². The predicted molar refractivity (Wildman–Crippen MR) is 255 cm³/mol. The maximum Gasteiger partial charge on any atom is 0.253 e. The van der Waals surface area contributed by atoms with Crippen molar-refractivity contribution in [1.29, 1.82) is 0 Å². The molecule has 0 fully saturated rings. The normalized spacial score (nSPS) is 13.3. The van der Waals surface area contributed by atoms with Crippen LogP contribution in [0.1, 0.15) is 0 Å². The molecule has 0 saturated carbocycles. The van der Waals surface area contributed by atoms with Crippen molar-refractivity contribution in [2.24, 2.45) is 0 Å². The number of rotatable bonds is 5. The molecule has 3 nitrogen and oxygen atoms in total. The van der Waals surface area contributed by atoms with Crippen molar-refractivity contribution in [1.82, 2.24) is 0 Å². The predicted octanol–water partition coefficient (Wildman–Crippen LogP) is 10.7. The van der Waals surface area contributed by atoms with Crippen LogP contribution in [0, 0.1) is 0 Å². The highest BCUT2D eigenvalue weighted by Crippen LogP contribution is 2.46. The number of anilines is 3. The Labute approximate surface area is 364 Å². The van der Waals surface area contributed by atoms with E-state index in [1.54, 1.807) is 0 Å². The molecule has 4 heterocycles. The van der Waals surface area contributed by atoms with Gasteiger partial charge in [-0.25, -0.2) is 0 Å². The van der Waals surface area contributed by atoms with Gasteiger partial charge < -0.3 is 14.4 Å². The largest absolute Gasteiger partial charge is 0.458 e. The van der Waals surface area contributed by atoms with Crippen LogP contribution in [-0.4, -0.2) is 13.4 Å². The van der Waals surface area contributed by atoms with E-state index in [0.29, 0.717) is 0 Å². The average Bonchev–Trinajstić information content (AvgIpc) is 3.31. The van der Waals surface area contributed by atoms with Crippen LogP contribution in [0.5, 0.6) is 23.0 Å². The SMILES string of the molecule is c1ccc(-c2ccccc2-c2cc3c4c(c2)Sc2ccccc2B4c2cc4c(cc2O3)Oc2cc(N(c3ccccc3)c3ccccc3)cc3c2B4c2ccccc2S3)cc1. The maximum atomic E-state index is 7.17. The number of benzene rings is 9. The minimum atomic E-state index is -0.00149. The summed E-state index contributed by atoms with van der Waals surface area (Å²) in [4.78, 5) is 7.32. The number of hydrogen-bond donors (Lipinski definition) is 0. The van der Waals surface area contributed by atoms with E-state index in [-0.39, 0.29) is 13.4 Å². The summed E-state index contributed by atoms with van der Waals surface area (Å²) in [5.74, 6) is 3.45. The van der Waals surface area contributed by atoms with Gasteiger partial charge in [-0.15, -0.1) is 0 Å². The Bertz CT molecular complexity index is 3190. The summed E-state index contributed by atoms with van der Waals surface area (Å²) in [6.07, 6.45) is 0. The summed E-state index contributed by atoms with van der Waals surface area (Å²) < 4.78 is 14.3. The summed E-state index contributed by atoms with van der Waals surface area (Å²) in [6, 6.07) is 72.2. The third kappa shape index (κ3) is 5.57. The van der Waals surface area contributed by atoms with Crippen molar-refractivity contribution in [3.8, 4) is 45.3 Å². The van der Waals surface area contributed by atoms with E-state index >= 15 is 0 Å². The molecule has 0 unspecified atom stereocenters. The number of fused-ring (bicyclic) bond motifs is 8. The van der Waals surface area contributed by atoms with E-state index < -0.39 is 0 Å². The molecule has 61 heavy (non-hydrogen) atoms. The minimum absolute atomic E-state index is 0.00149. The van der Waals surface area contributed by atoms with Crippen LogP contribution in [0.2, 0.25) is 0 Å². The van der Waals surface area contributed by atoms with Gasteiger partial charge >= 0.3 is 0 Å². The van der Waals surface area contributed by atoms with E-state index in [2.05, 4.69) is 205 Å². The Morgan fingerprint density at radius 3 is 1.39 bits per heavy atom. The molecule has 13 rings (SSSR count). The van der Waals surface area contributed by atoms with Crippen molar-refractivity contribution in [3.63, 3.8) is 0 Å². The van der Waals surface area contributed by atoms with E-state index in [1.165, 1.54) is 69.0 Å². The highest BCUT2D eigenvalue weighted by molar-refractivity contribution is 8.00. The number of nitrogens with zero attached hydrogens (tertiary/aromatic N) is 1. The molecule has 0 spiro atoms. The molecule has 284 valence electrons. The molecule has 7 heteroatoms. The molecule has 0 aliphatic carbocycles. The first-order valence-corrected chi connectivity index (χ1v) is 22.3. The molecule has 4 aliphatic heterocycles. The van der Waals surface area contributed by atoms with Crippen LogP contribution in [0.25, 0.3) is 22.3 Å². The second-order valence-corrected chi connectivity index (χ2v) is 18.1. The zero-order chi connectivity index (χ0) is 40.0. The lowest BCUT2D eigenvalue weighted by atomic mass is 9.32. The van der Waals surface area contributed by atoms with E-state index in [4.69, 9.17) is 9.47 Å². The summed E-state index contributed by atoms with van der Waals surface area (Å²) >= 11 is 3.69. The van der Waals surface area contributed by atoms with Crippen molar-refractivity contribution in [3.05, 3.63) is 200 Å². The zero-order valence-electron chi connectivity index (χ0n) is 32.8. The third-order valence-electron chi connectivity index (χ3n) is 12.5. The quantitative estimate of drug-likeness (QED) is 0.161. The smallest absolute Gasteiger partial charge is 0.253 e. The lowest BCUT2D eigenvalue weighted by Crippen LogP contribution is -2.61. The summed E-state index contributed by atoms with van der Waals surface area (Å²) in [5.41, 5.74) is 15.4. The fourth-order valence-electron chi connectivity index (χ4n) is 9.86. The Hall–Kier alpha value is -6.79. The maximum absolute atomic E-state index is 7.17. The van der Waals surface area contributed by atoms with Crippen LogP contribution in [0.15, 0.2) is 220 Å². The molecule has 0 atom stereocenters. The molecule has 0 amide bonds. The van der Waals surface area contributed by atoms with Gasteiger partial charge in [-0.1, -0.05) is 168 Å². The van der Waals surface area contributed by atoms with Crippen LogP contribution in [0.4, 0.5) is 17.1 Å². The molecular weight excluding hydrogens is 780 g/mol. The topological polar surface area (TPSA) is 21.7 Å². The van der Waals surface area contributed by atoms with Crippen molar-refractivity contribution in [2.45, 2.75) is 19.6 Å². The van der Waals surface area contributed by atoms with Gasteiger partial charge in [-0.2, -0.15) is 0 Å². The number of para-hydroxylation sites is 2. The molecule has 0 radical (unpaired) electrons. The molecule has 4 aliphatic rings. The van der Waals surface area contributed by atoms with Gasteiger partial charge in [0.05, 0.1) is 5.69 Å². The van der Waals surface area contributed by atoms with E-state index in [1.807, 2.05) is 23.5 Å². The van der Waals surface area contributed by atoms with E-state index in [9.17, 15) is 0 Å². The van der Waals surface area contributed by atoms with Gasteiger partial charge in [-0.05, 0) is 98.7 Å². The van der Waals surface area contributed by atoms with E-state index in [0.717, 1.165) is 45.6 Å². The fourth-order valence-corrected chi connectivity index (χ4v) is 12.3. The van der Waals surface area contributed by atoms with Gasteiger partial charge in [0.15, 0.2) is 0 Å². The number of hydrogen-bond acceptors (Lipinski definition) is 5. The lowest BCUT2D eigenvalue weighted by molar-refractivity contribution is 0.464. The highest BCUT2D eigenvalue weighted by Gasteiger charge is 2.44. The summed E-state index contributed by atoms with van der Waals surface area (Å²) in [6.45, 7) is 0.00932. The number of ether oxygens (including phenoxy) is 2. The second kappa shape index (κ2) is 13.9. The van der Waals surface area contributed by atoms with Crippen LogP contribution < -0.4 is 47.2 Å². The van der Waals surface area contributed by atoms with Crippen molar-refractivity contribution < 1.29 is 9.47 Å². The average molecular weight is 814 g/mol. The first-order chi connectivity index (χ1) is 30.2. The van der Waals surface area contributed by atoms with Crippen LogP contribution in [0.3, 0.4) is 0 Å². The van der Waals surface area contributed by atoms with Crippen molar-refractivity contribution >= 4 is 86.8 Å². The van der Waals surface area contributed by atoms with Gasteiger partial charge in [0.1, 0.15) is 23.0 Å². The van der Waals surface area contributed by atoms with Gasteiger partial charge in [-0.3, -0.25) is 0 Å². The van der Waals surface area contributed by atoms with Gasteiger partial charge in [0.2, 0.25) is 0 Å². The molecule has 0 N–H and O–H groups in total. The third-order valence-corrected chi connectivity index (χ3v) is 14.8. The molecule has 9 aromatic carbocycles. The molecule has 0 saturated heterocycles. The molecule has 0 aromatic heterocycles. The van der Waals surface area contributed by atoms with Gasteiger partial charge in [0, 0.05) is 43.1 Å². The first kappa shape index (κ1) is 35.0. The fraction of sp³-hybridized carbons (Fsp3) is 0. The Morgan fingerprint density at radius 2 is 0.803 bits per heavy atom. The monoisotopic (exact) mass is 813 g/mol. The first-order valence-electron chi connectivity index (χ1n) is 20.7. The van der Waals surface area contributed by atoms with Crippen molar-refractivity contribution in [2.75, 3.05) is 4.90 Å². The minimum Gasteiger partial charge on any atom is -0.458 e.